The van der Waals surface area contributed by atoms with Gasteiger partial charge in [0.1, 0.15) is 0 Å². The van der Waals surface area contributed by atoms with E-state index in [2.05, 4.69) is 22.5 Å². The van der Waals surface area contributed by atoms with Crippen molar-refractivity contribution in [3.05, 3.63) is 45.9 Å². The minimum absolute atomic E-state index is 0.0372. The van der Waals surface area contributed by atoms with Crippen molar-refractivity contribution in [2.45, 2.75) is 26.8 Å². The Morgan fingerprint density at radius 3 is 2.83 bits per heavy atom. The van der Waals surface area contributed by atoms with Crippen molar-refractivity contribution in [1.29, 1.82) is 0 Å². The van der Waals surface area contributed by atoms with Gasteiger partial charge in [0.05, 0.1) is 11.6 Å². The molecule has 0 bridgehead atoms. The van der Waals surface area contributed by atoms with E-state index in [4.69, 9.17) is 0 Å². The van der Waals surface area contributed by atoms with E-state index in [9.17, 15) is 9.59 Å². The number of carbonyl (C=O) groups excluding carboxylic acids is 2. The Bertz CT molecular complexity index is 741. The number of amides is 2. The zero-order chi connectivity index (χ0) is 16.4. The minimum Gasteiger partial charge on any atom is -0.347 e. The summed E-state index contributed by atoms with van der Waals surface area (Å²) in [6, 6.07) is 7.02. The molecule has 0 radical (unpaired) electrons. The largest absolute Gasteiger partial charge is 0.347 e. The van der Waals surface area contributed by atoms with Crippen molar-refractivity contribution in [3.63, 3.8) is 0 Å². The summed E-state index contributed by atoms with van der Waals surface area (Å²) in [4.78, 5) is 29.4. The summed E-state index contributed by atoms with van der Waals surface area (Å²) in [6.07, 6.45) is 2.72. The number of thiazole rings is 1. The smallest absolute Gasteiger partial charge is 0.251 e. The van der Waals surface area contributed by atoms with E-state index in [-0.39, 0.29) is 17.7 Å². The number of aromatic nitrogens is 1. The van der Waals surface area contributed by atoms with Gasteiger partial charge in [-0.3, -0.25) is 9.59 Å². The first-order chi connectivity index (χ1) is 11.0. The first-order valence-corrected chi connectivity index (χ1v) is 8.45. The summed E-state index contributed by atoms with van der Waals surface area (Å²) in [5.74, 6) is 0.452. The van der Waals surface area contributed by atoms with Gasteiger partial charge in [0.2, 0.25) is 5.91 Å². The molecule has 1 heterocycles. The second-order valence-corrected chi connectivity index (χ2v) is 7.24. The van der Waals surface area contributed by atoms with Crippen LogP contribution in [0, 0.1) is 18.8 Å². The Labute approximate surface area is 139 Å². The number of anilines is 1. The van der Waals surface area contributed by atoms with Gasteiger partial charge in [-0.1, -0.05) is 13.0 Å². The predicted molar refractivity (Wildman–Crippen MR) is 90.4 cm³/mol. The van der Waals surface area contributed by atoms with Gasteiger partial charge in [-0.05, 0) is 37.5 Å². The molecule has 2 N–H and O–H groups in total. The molecule has 1 saturated carbocycles. The van der Waals surface area contributed by atoms with Crippen LogP contribution in [0.25, 0.3) is 0 Å². The van der Waals surface area contributed by atoms with Crippen LogP contribution in [0.1, 0.15) is 33.6 Å². The third kappa shape index (κ3) is 3.96. The molecule has 2 atom stereocenters. The molecule has 1 aromatic carbocycles. The Hall–Kier alpha value is -2.21. The van der Waals surface area contributed by atoms with Crippen molar-refractivity contribution in [2.75, 3.05) is 5.32 Å². The topological polar surface area (TPSA) is 71.1 Å². The van der Waals surface area contributed by atoms with Crippen LogP contribution in [0.2, 0.25) is 0 Å². The number of aryl methyl sites for hydroxylation is 1. The number of hydrogen-bond donors (Lipinski definition) is 2. The quantitative estimate of drug-likeness (QED) is 0.886. The Morgan fingerprint density at radius 2 is 2.17 bits per heavy atom. The molecule has 2 amide bonds. The highest BCUT2D eigenvalue weighted by molar-refractivity contribution is 7.11. The summed E-state index contributed by atoms with van der Waals surface area (Å²) >= 11 is 1.56. The summed E-state index contributed by atoms with van der Waals surface area (Å²) in [5.41, 5.74) is 1.20. The van der Waals surface area contributed by atoms with Crippen LogP contribution in [-0.4, -0.2) is 16.8 Å². The molecule has 5 nitrogen and oxygen atoms in total. The number of nitrogens with one attached hydrogen (secondary N) is 2. The molecule has 1 aromatic heterocycles. The summed E-state index contributed by atoms with van der Waals surface area (Å²) < 4.78 is 0. The van der Waals surface area contributed by atoms with E-state index in [1.54, 1.807) is 41.8 Å². The van der Waals surface area contributed by atoms with Gasteiger partial charge < -0.3 is 10.6 Å². The van der Waals surface area contributed by atoms with E-state index in [1.165, 1.54) is 0 Å². The van der Waals surface area contributed by atoms with Gasteiger partial charge in [0.25, 0.3) is 5.91 Å². The van der Waals surface area contributed by atoms with E-state index < -0.39 is 0 Å². The standard InChI is InChI=1S/C17H19N3O2S/c1-10-6-15(10)17(22)20-13-5-3-4-12(7-13)16(21)19-9-14-8-18-11(2)23-14/h3-5,7-8,10,15H,6,9H2,1-2H3,(H,19,21)(H,20,22). The van der Waals surface area contributed by atoms with E-state index in [0.29, 0.717) is 23.7 Å². The maximum absolute atomic E-state index is 12.2. The highest BCUT2D eigenvalue weighted by atomic mass is 32.1. The van der Waals surface area contributed by atoms with Gasteiger partial charge >= 0.3 is 0 Å². The van der Waals surface area contributed by atoms with E-state index in [0.717, 1.165) is 16.3 Å². The number of benzene rings is 1. The van der Waals surface area contributed by atoms with Crippen LogP contribution in [0.15, 0.2) is 30.5 Å². The second-order valence-electron chi connectivity index (χ2n) is 5.92. The molecule has 2 unspecified atom stereocenters. The summed E-state index contributed by atoms with van der Waals surface area (Å²) in [7, 11) is 0. The lowest BCUT2D eigenvalue weighted by atomic mass is 10.2. The van der Waals surface area contributed by atoms with Gasteiger partial charge in [-0.15, -0.1) is 11.3 Å². The molecular weight excluding hydrogens is 310 g/mol. The summed E-state index contributed by atoms with van der Waals surface area (Å²) in [6.45, 7) is 4.46. The highest BCUT2D eigenvalue weighted by Crippen LogP contribution is 2.38. The monoisotopic (exact) mass is 329 g/mol. The number of carbonyl (C=O) groups is 2. The van der Waals surface area contributed by atoms with Gasteiger partial charge in [-0.25, -0.2) is 4.98 Å². The molecule has 0 aliphatic heterocycles. The predicted octanol–water partition coefficient (Wildman–Crippen LogP) is 2.98. The Morgan fingerprint density at radius 1 is 1.39 bits per heavy atom. The molecule has 23 heavy (non-hydrogen) atoms. The average molecular weight is 329 g/mol. The fourth-order valence-corrected chi connectivity index (χ4v) is 3.15. The lowest BCUT2D eigenvalue weighted by Gasteiger charge is -2.07. The lowest BCUT2D eigenvalue weighted by Crippen LogP contribution is -2.22. The molecule has 120 valence electrons. The van der Waals surface area contributed by atoms with E-state index in [1.807, 2.05) is 6.92 Å². The maximum atomic E-state index is 12.2. The zero-order valence-electron chi connectivity index (χ0n) is 13.1. The third-order valence-electron chi connectivity index (χ3n) is 3.93. The fraction of sp³-hybridized carbons (Fsp3) is 0.353. The Kier molecular flexibility index (Phi) is 4.43. The van der Waals surface area contributed by atoms with Crippen LogP contribution in [0.5, 0.6) is 0 Å². The molecule has 3 rings (SSSR count). The number of rotatable bonds is 5. The first kappa shape index (κ1) is 15.7. The number of hydrogen-bond acceptors (Lipinski definition) is 4. The molecule has 6 heteroatoms. The first-order valence-electron chi connectivity index (χ1n) is 7.63. The molecule has 2 aromatic rings. The van der Waals surface area contributed by atoms with Crippen molar-refractivity contribution in [1.82, 2.24) is 10.3 Å². The Balaban J connectivity index is 1.59. The molecule has 0 spiro atoms. The third-order valence-corrected chi connectivity index (χ3v) is 4.84. The fourth-order valence-electron chi connectivity index (χ4n) is 2.42. The van der Waals surface area contributed by atoms with Gasteiger partial charge in [0, 0.05) is 28.2 Å². The molecule has 1 aliphatic rings. The lowest BCUT2D eigenvalue weighted by molar-refractivity contribution is -0.117. The average Bonchev–Trinajstić information content (AvgIpc) is 3.12. The van der Waals surface area contributed by atoms with Crippen molar-refractivity contribution in [2.24, 2.45) is 11.8 Å². The van der Waals surface area contributed by atoms with Crippen molar-refractivity contribution < 1.29 is 9.59 Å². The van der Waals surface area contributed by atoms with Crippen molar-refractivity contribution in [3.8, 4) is 0 Å². The van der Waals surface area contributed by atoms with E-state index >= 15 is 0 Å². The number of nitrogens with zero attached hydrogens (tertiary/aromatic N) is 1. The van der Waals surface area contributed by atoms with Crippen LogP contribution in [0.4, 0.5) is 5.69 Å². The summed E-state index contributed by atoms with van der Waals surface area (Å²) in [5, 5.41) is 6.73. The zero-order valence-corrected chi connectivity index (χ0v) is 13.9. The van der Waals surface area contributed by atoms with Crippen LogP contribution >= 0.6 is 11.3 Å². The minimum atomic E-state index is -0.160. The molecule has 1 fully saturated rings. The molecule has 0 saturated heterocycles. The molecular formula is C17H19N3O2S. The van der Waals surface area contributed by atoms with Gasteiger partial charge in [-0.2, -0.15) is 0 Å². The van der Waals surface area contributed by atoms with Crippen LogP contribution in [0.3, 0.4) is 0 Å². The van der Waals surface area contributed by atoms with Crippen LogP contribution < -0.4 is 10.6 Å². The highest BCUT2D eigenvalue weighted by Gasteiger charge is 2.39. The van der Waals surface area contributed by atoms with Crippen LogP contribution in [-0.2, 0) is 11.3 Å². The maximum Gasteiger partial charge on any atom is 0.251 e. The SMILES string of the molecule is Cc1ncc(CNC(=O)c2cccc(NC(=O)C3CC3C)c2)s1. The normalized spacial score (nSPS) is 19.2. The second kappa shape index (κ2) is 6.50. The van der Waals surface area contributed by atoms with Crippen molar-refractivity contribution >= 4 is 28.8 Å². The van der Waals surface area contributed by atoms with Gasteiger partial charge in [0.15, 0.2) is 0 Å². The molecule has 1 aliphatic carbocycles.